The summed E-state index contributed by atoms with van der Waals surface area (Å²) in [6.45, 7) is 6.97. The van der Waals surface area contributed by atoms with Gasteiger partial charge in [0.25, 0.3) is 0 Å². The first-order valence-corrected chi connectivity index (χ1v) is 9.37. The van der Waals surface area contributed by atoms with Crippen LogP contribution >= 0.6 is 0 Å². The Bertz CT molecular complexity index is 1090. The molecule has 4 rings (SSSR count). The van der Waals surface area contributed by atoms with Crippen molar-refractivity contribution in [3.05, 3.63) is 59.9 Å². The van der Waals surface area contributed by atoms with E-state index >= 15 is 0 Å². The number of aromatic amines is 1. The topological polar surface area (TPSA) is 94.4 Å². The summed E-state index contributed by atoms with van der Waals surface area (Å²) >= 11 is 0. The number of aromatic nitrogens is 7. The number of benzene rings is 2. The average Bonchev–Trinajstić information content (AvgIpc) is 3.38. The maximum Gasteiger partial charge on any atom is 0.335 e. The second-order valence-electron chi connectivity index (χ2n) is 7.81. The Morgan fingerprint density at radius 1 is 1.00 bits per heavy atom. The third kappa shape index (κ3) is 3.87. The number of hydrogen-bond acceptors (Lipinski definition) is 6. The van der Waals surface area contributed by atoms with Crippen LogP contribution in [0.1, 0.15) is 32.2 Å². The number of nitrogens with zero attached hydrogens (tertiary/aromatic N) is 6. The van der Waals surface area contributed by atoms with Crippen LogP contribution in [0.2, 0.25) is 0 Å². The molecule has 0 atom stereocenters. The zero-order valence-corrected chi connectivity index (χ0v) is 16.9. The lowest BCUT2D eigenvalue weighted by Crippen LogP contribution is -2.20. The quantitative estimate of drug-likeness (QED) is 0.562. The molecule has 2 heterocycles. The van der Waals surface area contributed by atoms with E-state index in [9.17, 15) is 0 Å². The summed E-state index contributed by atoms with van der Waals surface area (Å²) in [5.74, 6) is 1.47. The number of nitrogens with one attached hydrogen (secondary N) is 1. The molecule has 4 aromatic rings. The van der Waals surface area contributed by atoms with E-state index in [1.165, 1.54) is 0 Å². The third-order valence-corrected chi connectivity index (χ3v) is 4.62. The lowest BCUT2D eigenvalue weighted by molar-refractivity contribution is 0.377. The minimum Gasteiger partial charge on any atom is -0.466 e. The van der Waals surface area contributed by atoms with Crippen LogP contribution in [-0.4, -0.2) is 42.5 Å². The lowest BCUT2D eigenvalue weighted by atomic mass is 9.95. The van der Waals surface area contributed by atoms with E-state index < -0.39 is 0 Å². The number of hydrogen-bond donors (Lipinski definition) is 1. The van der Waals surface area contributed by atoms with Gasteiger partial charge in [-0.1, -0.05) is 69.3 Å². The zero-order valence-electron chi connectivity index (χ0n) is 16.9. The number of ether oxygens (including phenoxy) is 1. The molecule has 0 radical (unpaired) electrons. The van der Waals surface area contributed by atoms with Crippen molar-refractivity contribution < 1.29 is 4.74 Å². The Hall–Kier alpha value is -3.55. The fraction of sp³-hybridized carbons (Fsp3) is 0.286. The lowest BCUT2D eigenvalue weighted by Gasteiger charge is -2.18. The van der Waals surface area contributed by atoms with E-state index in [1.807, 2.05) is 22.9 Å². The Balaban J connectivity index is 1.63. The van der Waals surface area contributed by atoms with Crippen LogP contribution in [0.5, 0.6) is 6.01 Å². The summed E-state index contributed by atoms with van der Waals surface area (Å²) in [6, 6.07) is 16.8. The van der Waals surface area contributed by atoms with Crippen molar-refractivity contribution in [2.45, 2.75) is 32.7 Å². The standard InChI is InChI=1S/C21H23N7O/c1-21(2,3)19-22-20(29-4)25-28(19)13-14-9-11-15(12-10-14)16-7-5-6-8-17(16)18-23-26-27-24-18/h5-12H,13H2,1-4H3,(H,23,24,26,27). The highest BCUT2D eigenvalue weighted by molar-refractivity contribution is 5.80. The minimum absolute atomic E-state index is 0.132. The van der Waals surface area contributed by atoms with Gasteiger partial charge in [-0.25, -0.2) is 4.68 Å². The van der Waals surface area contributed by atoms with Gasteiger partial charge in [-0.15, -0.1) is 15.3 Å². The van der Waals surface area contributed by atoms with Gasteiger partial charge in [-0.3, -0.25) is 0 Å². The van der Waals surface area contributed by atoms with Crippen molar-refractivity contribution in [3.63, 3.8) is 0 Å². The van der Waals surface area contributed by atoms with Crippen LogP contribution in [-0.2, 0) is 12.0 Å². The van der Waals surface area contributed by atoms with Gasteiger partial charge in [0.1, 0.15) is 5.82 Å². The predicted molar refractivity (Wildman–Crippen MR) is 109 cm³/mol. The molecule has 8 heteroatoms. The summed E-state index contributed by atoms with van der Waals surface area (Å²) < 4.78 is 7.14. The summed E-state index contributed by atoms with van der Waals surface area (Å²) in [6.07, 6.45) is 0. The Morgan fingerprint density at radius 3 is 2.34 bits per heavy atom. The largest absolute Gasteiger partial charge is 0.466 e. The summed E-state index contributed by atoms with van der Waals surface area (Å²) in [5.41, 5.74) is 4.07. The normalized spacial score (nSPS) is 11.6. The van der Waals surface area contributed by atoms with Gasteiger partial charge in [0.2, 0.25) is 5.82 Å². The molecular formula is C21H23N7O. The molecule has 29 heavy (non-hydrogen) atoms. The SMILES string of the molecule is COc1nc(C(C)(C)C)n(Cc2ccc(-c3ccccc3-c3nn[nH]n3)cc2)n1. The van der Waals surface area contributed by atoms with E-state index in [2.05, 4.69) is 81.8 Å². The fourth-order valence-corrected chi connectivity index (χ4v) is 3.24. The molecule has 0 unspecified atom stereocenters. The summed E-state index contributed by atoms with van der Waals surface area (Å²) in [4.78, 5) is 4.51. The van der Waals surface area contributed by atoms with Gasteiger partial charge < -0.3 is 4.74 Å². The minimum atomic E-state index is -0.132. The smallest absolute Gasteiger partial charge is 0.335 e. The molecule has 0 amide bonds. The van der Waals surface area contributed by atoms with Gasteiger partial charge >= 0.3 is 6.01 Å². The first-order valence-electron chi connectivity index (χ1n) is 9.37. The zero-order chi connectivity index (χ0) is 20.4. The molecule has 0 aliphatic rings. The fourth-order valence-electron chi connectivity index (χ4n) is 3.24. The van der Waals surface area contributed by atoms with Crippen molar-refractivity contribution in [1.29, 1.82) is 0 Å². The Morgan fingerprint density at radius 2 is 1.72 bits per heavy atom. The van der Waals surface area contributed by atoms with E-state index in [1.54, 1.807) is 7.11 Å². The van der Waals surface area contributed by atoms with Crippen LogP contribution in [0, 0.1) is 0 Å². The van der Waals surface area contributed by atoms with E-state index in [0.29, 0.717) is 18.4 Å². The van der Waals surface area contributed by atoms with Crippen LogP contribution in [0.15, 0.2) is 48.5 Å². The maximum atomic E-state index is 5.23. The van der Waals surface area contributed by atoms with Crippen LogP contribution < -0.4 is 4.74 Å². The van der Waals surface area contributed by atoms with Gasteiger partial charge in [-0.2, -0.15) is 10.2 Å². The first-order chi connectivity index (χ1) is 14.0. The van der Waals surface area contributed by atoms with E-state index in [4.69, 9.17) is 4.74 Å². The molecule has 8 nitrogen and oxygen atoms in total. The van der Waals surface area contributed by atoms with Gasteiger partial charge in [0.15, 0.2) is 0 Å². The molecule has 2 aromatic heterocycles. The van der Waals surface area contributed by atoms with Gasteiger partial charge in [0.05, 0.1) is 13.7 Å². The number of rotatable bonds is 5. The molecule has 0 aliphatic carbocycles. The molecular weight excluding hydrogens is 366 g/mol. The third-order valence-electron chi connectivity index (χ3n) is 4.62. The van der Waals surface area contributed by atoms with Crippen LogP contribution in [0.4, 0.5) is 0 Å². The highest BCUT2D eigenvalue weighted by Crippen LogP contribution is 2.30. The molecule has 2 aromatic carbocycles. The highest BCUT2D eigenvalue weighted by atomic mass is 16.5. The van der Waals surface area contributed by atoms with Gasteiger partial charge in [0, 0.05) is 11.0 Å². The van der Waals surface area contributed by atoms with Crippen LogP contribution in [0.3, 0.4) is 0 Å². The van der Waals surface area contributed by atoms with Crippen molar-refractivity contribution in [2.24, 2.45) is 0 Å². The molecule has 0 saturated carbocycles. The Labute approximate surface area is 169 Å². The number of methoxy groups -OCH3 is 1. The summed E-state index contributed by atoms with van der Waals surface area (Å²) in [5, 5.41) is 18.9. The average molecular weight is 389 g/mol. The molecule has 0 saturated heterocycles. The van der Waals surface area contributed by atoms with Crippen molar-refractivity contribution in [3.8, 4) is 28.5 Å². The second kappa shape index (κ2) is 7.46. The molecule has 0 spiro atoms. The monoisotopic (exact) mass is 389 g/mol. The number of tetrazole rings is 1. The van der Waals surface area contributed by atoms with Gasteiger partial charge in [-0.05, 0) is 21.9 Å². The second-order valence-corrected chi connectivity index (χ2v) is 7.81. The highest BCUT2D eigenvalue weighted by Gasteiger charge is 2.23. The predicted octanol–water partition coefficient (Wildman–Crippen LogP) is 3.48. The van der Waals surface area contributed by atoms with Crippen molar-refractivity contribution >= 4 is 0 Å². The van der Waals surface area contributed by atoms with E-state index in [-0.39, 0.29) is 5.41 Å². The maximum absolute atomic E-state index is 5.23. The van der Waals surface area contributed by atoms with Crippen LogP contribution in [0.25, 0.3) is 22.5 Å². The first kappa shape index (κ1) is 18.8. The Kier molecular flexibility index (Phi) is 4.84. The molecule has 148 valence electrons. The van der Waals surface area contributed by atoms with E-state index in [0.717, 1.165) is 28.1 Å². The molecule has 0 bridgehead atoms. The molecule has 0 fully saturated rings. The van der Waals surface area contributed by atoms with Crippen molar-refractivity contribution in [1.82, 2.24) is 35.4 Å². The molecule has 0 aliphatic heterocycles. The van der Waals surface area contributed by atoms with Crippen molar-refractivity contribution in [2.75, 3.05) is 7.11 Å². The summed E-state index contributed by atoms with van der Waals surface area (Å²) in [7, 11) is 1.59. The molecule has 1 N–H and O–H groups in total. The number of H-pyrrole nitrogens is 1.